The van der Waals surface area contributed by atoms with E-state index in [2.05, 4.69) is 0 Å². The third-order valence-corrected chi connectivity index (χ3v) is 5.94. The normalized spacial score (nSPS) is 24.2. The van der Waals surface area contributed by atoms with Crippen molar-refractivity contribution in [1.29, 1.82) is 0 Å². The average Bonchev–Trinajstić information content (AvgIpc) is 3.17. The van der Waals surface area contributed by atoms with Crippen molar-refractivity contribution in [3.8, 4) is 0 Å². The lowest BCUT2D eigenvalue weighted by molar-refractivity contribution is -0.137. The van der Waals surface area contributed by atoms with Crippen LogP contribution in [0.25, 0.3) is 0 Å². The van der Waals surface area contributed by atoms with Crippen LogP contribution in [-0.2, 0) is 11.3 Å². The van der Waals surface area contributed by atoms with Gasteiger partial charge in [0.1, 0.15) is 0 Å². The number of imide groups is 1. The lowest BCUT2D eigenvalue weighted by Crippen LogP contribution is -2.64. The number of likely N-dealkylation sites (N-methyl/N-ethyl adjacent to an activating group) is 1. The highest BCUT2D eigenvalue weighted by atomic mass is 35.5. The van der Waals surface area contributed by atoms with Crippen molar-refractivity contribution < 1.29 is 9.59 Å². The largest absolute Gasteiger partial charge is 0.328 e. The van der Waals surface area contributed by atoms with Gasteiger partial charge in [0.05, 0.1) is 6.54 Å². The maximum Gasteiger partial charge on any atom is 0.328 e. The summed E-state index contributed by atoms with van der Waals surface area (Å²) in [6.07, 6.45) is -0.523. The summed E-state index contributed by atoms with van der Waals surface area (Å²) in [5, 5.41) is 0. The number of rotatable bonds is 4. The van der Waals surface area contributed by atoms with Gasteiger partial charge in [0.25, 0.3) is 5.91 Å². The molecule has 3 aliphatic rings. The summed E-state index contributed by atoms with van der Waals surface area (Å²) >= 11 is 5.97. The molecule has 3 amide bonds. The SMILES string of the molecule is CC1=C(C)N2C(=NC3C2C(=O)N(Cc2ccc(C)cc2)C(=O)N3C)N1CCCl. The van der Waals surface area contributed by atoms with Crippen LogP contribution in [0, 0.1) is 6.92 Å². The van der Waals surface area contributed by atoms with Crippen LogP contribution in [0.4, 0.5) is 4.79 Å². The summed E-state index contributed by atoms with van der Waals surface area (Å²) in [4.78, 5) is 37.9. The Morgan fingerprint density at radius 2 is 1.71 bits per heavy atom. The second-order valence-electron chi connectivity index (χ2n) is 7.47. The van der Waals surface area contributed by atoms with Gasteiger partial charge in [-0.3, -0.25) is 14.6 Å². The van der Waals surface area contributed by atoms with Crippen molar-refractivity contribution in [3.05, 3.63) is 46.8 Å². The van der Waals surface area contributed by atoms with E-state index >= 15 is 0 Å². The third kappa shape index (κ3) is 2.68. The fourth-order valence-corrected chi connectivity index (χ4v) is 4.22. The van der Waals surface area contributed by atoms with Crippen LogP contribution in [0.1, 0.15) is 25.0 Å². The molecule has 1 fully saturated rings. The van der Waals surface area contributed by atoms with E-state index < -0.39 is 12.2 Å². The molecule has 1 saturated heterocycles. The zero-order valence-corrected chi connectivity index (χ0v) is 17.3. The smallest absolute Gasteiger partial charge is 0.313 e. The van der Waals surface area contributed by atoms with E-state index in [1.807, 2.05) is 54.8 Å². The molecule has 28 heavy (non-hydrogen) atoms. The van der Waals surface area contributed by atoms with Crippen LogP contribution in [0.15, 0.2) is 40.7 Å². The number of amides is 3. The Kier molecular flexibility index (Phi) is 4.57. The predicted molar refractivity (Wildman–Crippen MR) is 108 cm³/mol. The summed E-state index contributed by atoms with van der Waals surface area (Å²) in [6, 6.07) is 7.01. The lowest BCUT2D eigenvalue weighted by Gasteiger charge is -2.40. The van der Waals surface area contributed by atoms with E-state index in [9.17, 15) is 9.59 Å². The Labute approximate surface area is 169 Å². The Morgan fingerprint density at radius 1 is 1.04 bits per heavy atom. The molecule has 0 radical (unpaired) electrons. The van der Waals surface area contributed by atoms with Gasteiger partial charge in [0, 0.05) is 30.9 Å². The quantitative estimate of drug-likeness (QED) is 0.727. The number of urea groups is 1. The molecule has 0 spiro atoms. The number of halogens is 1. The van der Waals surface area contributed by atoms with E-state index in [1.165, 1.54) is 4.90 Å². The standard InChI is InChI=1S/C20H24ClN5O2/c1-12-5-7-15(8-6-12)11-25-18(27)16-17(23(4)20(25)28)22-19-24(10-9-21)13(2)14(3)26(16)19/h5-8,16-17H,9-11H2,1-4H3. The van der Waals surface area contributed by atoms with Crippen LogP contribution >= 0.6 is 11.6 Å². The Hall–Kier alpha value is -2.54. The van der Waals surface area contributed by atoms with Gasteiger partial charge >= 0.3 is 6.03 Å². The van der Waals surface area contributed by atoms with Crippen LogP contribution in [-0.4, -0.2) is 69.2 Å². The minimum Gasteiger partial charge on any atom is -0.313 e. The van der Waals surface area contributed by atoms with Gasteiger partial charge in [-0.25, -0.2) is 9.79 Å². The van der Waals surface area contributed by atoms with Crippen molar-refractivity contribution in [2.75, 3.05) is 19.5 Å². The number of benzene rings is 1. The first-order valence-electron chi connectivity index (χ1n) is 9.37. The van der Waals surface area contributed by atoms with E-state index in [1.54, 1.807) is 11.9 Å². The molecule has 2 unspecified atom stereocenters. The first-order chi connectivity index (χ1) is 13.3. The molecule has 3 heterocycles. The minimum atomic E-state index is -0.543. The highest BCUT2D eigenvalue weighted by Crippen LogP contribution is 2.37. The maximum absolute atomic E-state index is 13.4. The zero-order valence-electron chi connectivity index (χ0n) is 16.5. The number of hydrogen-bond donors (Lipinski definition) is 0. The third-order valence-electron chi connectivity index (χ3n) is 5.77. The number of alkyl halides is 1. The molecule has 0 N–H and O–H groups in total. The van der Waals surface area contributed by atoms with Gasteiger partial charge in [0.15, 0.2) is 12.2 Å². The zero-order chi connectivity index (χ0) is 20.2. The number of carbonyl (C=O) groups excluding carboxylic acids is 2. The first kappa shape index (κ1) is 18.8. The number of hydrogen-bond acceptors (Lipinski definition) is 5. The van der Waals surface area contributed by atoms with Crippen molar-refractivity contribution in [2.24, 2.45) is 4.99 Å². The monoisotopic (exact) mass is 401 g/mol. The lowest BCUT2D eigenvalue weighted by atomic mass is 10.1. The van der Waals surface area contributed by atoms with Crippen LogP contribution < -0.4 is 0 Å². The molecule has 4 rings (SSSR count). The second kappa shape index (κ2) is 6.81. The summed E-state index contributed by atoms with van der Waals surface area (Å²) in [5.41, 5.74) is 4.07. The van der Waals surface area contributed by atoms with E-state index in [0.29, 0.717) is 18.4 Å². The van der Waals surface area contributed by atoms with Gasteiger partial charge in [-0.2, -0.15) is 0 Å². The summed E-state index contributed by atoms with van der Waals surface area (Å²) < 4.78 is 0. The van der Waals surface area contributed by atoms with Crippen molar-refractivity contribution >= 4 is 29.5 Å². The molecule has 0 aliphatic carbocycles. The molecule has 8 heteroatoms. The molecule has 1 aromatic rings. The van der Waals surface area contributed by atoms with Crippen LogP contribution in [0.5, 0.6) is 0 Å². The molecule has 0 aromatic heterocycles. The van der Waals surface area contributed by atoms with Gasteiger partial charge in [-0.1, -0.05) is 29.8 Å². The number of guanidine groups is 1. The van der Waals surface area contributed by atoms with Gasteiger partial charge in [0.2, 0.25) is 5.96 Å². The van der Waals surface area contributed by atoms with E-state index in [0.717, 1.165) is 22.5 Å². The second-order valence-corrected chi connectivity index (χ2v) is 7.85. The molecule has 0 saturated carbocycles. The van der Waals surface area contributed by atoms with Crippen molar-refractivity contribution in [1.82, 2.24) is 19.6 Å². The van der Waals surface area contributed by atoms with Gasteiger partial charge < -0.3 is 9.80 Å². The Balaban J connectivity index is 1.66. The summed E-state index contributed by atoms with van der Waals surface area (Å²) in [7, 11) is 1.71. The fraction of sp³-hybridized carbons (Fsp3) is 0.450. The Morgan fingerprint density at radius 3 is 2.36 bits per heavy atom. The molecular weight excluding hydrogens is 378 g/mol. The molecule has 2 atom stereocenters. The molecule has 3 aliphatic heterocycles. The number of fused-ring (bicyclic) bond motifs is 3. The first-order valence-corrected chi connectivity index (χ1v) is 9.90. The number of aryl methyl sites for hydroxylation is 1. The fourth-order valence-electron chi connectivity index (χ4n) is 4.05. The summed E-state index contributed by atoms with van der Waals surface area (Å²) in [6.45, 7) is 6.86. The van der Waals surface area contributed by atoms with Gasteiger partial charge in [-0.05, 0) is 26.3 Å². The topological polar surface area (TPSA) is 59.5 Å². The van der Waals surface area contributed by atoms with Crippen LogP contribution in [0.3, 0.4) is 0 Å². The summed E-state index contributed by atoms with van der Waals surface area (Å²) in [5.74, 6) is 0.942. The van der Waals surface area contributed by atoms with Crippen molar-refractivity contribution in [2.45, 2.75) is 39.5 Å². The molecule has 1 aromatic carbocycles. The molecule has 7 nitrogen and oxygen atoms in total. The molecule has 148 valence electrons. The predicted octanol–water partition coefficient (Wildman–Crippen LogP) is 2.56. The molecular formula is C20H24ClN5O2. The number of carbonyl (C=O) groups is 2. The average molecular weight is 402 g/mol. The van der Waals surface area contributed by atoms with E-state index in [4.69, 9.17) is 16.6 Å². The number of nitrogens with zero attached hydrogens (tertiary/aromatic N) is 5. The Bertz CT molecular complexity index is 894. The number of aliphatic imine (C=N–C) groups is 1. The van der Waals surface area contributed by atoms with E-state index in [-0.39, 0.29) is 18.5 Å². The minimum absolute atomic E-state index is 0.215. The van der Waals surface area contributed by atoms with Crippen molar-refractivity contribution in [3.63, 3.8) is 0 Å². The van der Waals surface area contributed by atoms with Crippen LogP contribution in [0.2, 0.25) is 0 Å². The maximum atomic E-state index is 13.4. The molecule has 0 bridgehead atoms. The highest BCUT2D eigenvalue weighted by molar-refractivity contribution is 6.18. The highest BCUT2D eigenvalue weighted by Gasteiger charge is 2.55. The van der Waals surface area contributed by atoms with Gasteiger partial charge in [-0.15, -0.1) is 11.6 Å². The number of allylic oxidation sites excluding steroid dienone is 2.